The van der Waals surface area contributed by atoms with Gasteiger partial charge in [-0.3, -0.25) is 4.79 Å². The van der Waals surface area contributed by atoms with E-state index in [1.165, 1.54) is 0 Å². The van der Waals surface area contributed by atoms with Crippen LogP contribution in [0.1, 0.15) is 24.8 Å². The fourth-order valence-corrected chi connectivity index (χ4v) is 3.69. The third-order valence-electron chi connectivity index (χ3n) is 4.83. The lowest BCUT2D eigenvalue weighted by atomic mass is 9.95. The van der Waals surface area contributed by atoms with Gasteiger partial charge < -0.3 is 15.5 Å². The van der Waals surface area contributed by atoms with Gasteiger partial charge in [-0.25, -0.2) is 4.98 Å². The Hall–Kier alpha value is -1.54. The first-order chi connectivity index (χ1) is 11.8. The Morgan fingerprint density at radius 1 is 1.24 bits per heavy atom. The zero-order valence-corrected chi connectivity index (χ0v) is 14.4. The number of carbonyl (C=O) groups is 1. The number of halogens is 4. The van der Waals surface area contributed by atoms with E-state index in [0.717, 1.165) is 18.7 Å². The van der Waals surface area contributed by atoms with Crippen molar-refractivity contribution in [3.05, 3.63) is 22.8 Å². The number of nitrogens with two attached hydrogens (primary N) is 1. The van der Waals surface area contributed by atoms with Crippen LogP contribution in [0, 0.1) is 5.92 Å². The molecule has 1 aromatic heterocycles. The second-order valence-electron chi connectivity index (χ2n) is 6.62. The highest BCUT2D eigenvalue weighted by Crippen LogP contribution is 2.34. The highest BCUT2D eigenvalue weighted by atomic mass is 35.5. The minimum Gasteiger partial charge on any atom is -0.355 e. The monoisotopic (exact) mass is 376 g/mol. The standard InChI is InChI=1S/C16H20ClF3N4O/c17-13-7-11(16(18,19)20)8-22-14(13)23-4-1-10(2-5-23)15(25)24-6-3-12(21)9-24/h7-8,10,12H,1-6,9,21H2/t12-/m0/s1. The van der Waals surface area contributed by atoms with Crippen molar-refractivity contribution in [1.29, 1.82) is 0 Å². The van der Waals surface area contributed by atoms with Gasteiger partial charge in [0.2, 0.25) is 5.91 Å². The SMILES string of the molecule is N[C@H]1CCN(C(=O)C2CCN(c3ncc(C(F)(F)F)cc3Cl)CC2)C1. The zero-order valence-electron chi connectivity index (χ0n) is 13.6. The first-order valence-corrected chi connectivity index (χ1v) is 8.65. The number of aromatic nitrogens is 1. The Bertz CT molecular complexity index is 647. The number of amides is 1. The van der Waals surface area contributed by atoms with Crippen molar-refractivity contribution in [3.8, 4) is 0 Å². The smallest absolute Gasteiger partial charge is 0.355 e. The Morgan fingerprint density at radius 3 is 2.44 bits per heavy atom. The molecular weight excluding hydrogens is 357 g/mol. The fraction of sp³-hybridized carbons (Fsp3) is 0.625. The highest BCUT2D eigenvalue weighted by molar-refractivity contribution is 6.33. The molecule has 1 aromatic rings. The summed E-state index contributed by atoms with van der Waals surface area (Å²) in [6.07, 6.45) is -1.59. The lowest BCUT2D eigenvalue weighted by Gasteiger charge is -2.34. The number of piperidine rings is 1. The number of hydrogen-bond donors (Lipinski definition) is 1. The molecule has 0 saturated carbocycles. The van der Waals surface area contributed by atoms with E-state index in [2.05, 4.69) is 4.98 Å². The van der Waals surface area contributed by atoms with Crippen molar-refractivity contribution < 1.29 is 18.0 Å². The van der Waals surface area contributed by atoms with Crippen LogP contribution in [0.3, 0.4) is 0 Å². The van der Waals surface area contributed by atoms with Gasteiger partial charge in [0.1, 0.15) is 5.82 Å². The first-order valence-electron chi connectivity index (χ1n) is 8.28. The normalized spacial score (nSPS) is 22.5. The van der Waals surface area contributed by atoms with Crippen molar-refractivity contribution in [2.75, 3.05) is 31.1 Å². The molecule has 25 heavy (non-hydrogen) atoms. The molecule has 3 heterocycles. The summed E-state index contributed by atoms with van der Waals surface area (Å²) in [7, 11) is 0. The van der Waals surface area contributed by atoms with Gasteiger partial charge >= 0.3 is 6.18 Å². The number of alkyl halides is 3. The van der Waals surface area contributed by atoms with Crippen molar-refractivity contribution in [2.24, 2.45) is 11.7 Å². The summed E-state index contributed by atoms with van der Waals surface area (Å²) in [4.78, 5) is 20.0. The van der Waals surface area contributed by atoms with Crippen LogP contribution in [0.25, 0.3) is 0 Å². The first kappa shape index (κ1) is 18.3. The van der Waals surface area contributed by atoms with Crippen molar-refractivity contribution >= 4 is 23.3 Å². The van der Waals surface area contributed by atoms with Crippen LogP contribution in [0.5, 0.6) is 0 Å². The second-order valence-corrected chi connectivity index (χ2v) is 7.03. The van der Waals surface area contributed by atoms with Crippen molar-refractivity contribution in [2.45, 2.75) is 31.5 Å². The summed E-state index contributed by atoms with van der Waals surface area (Å²) in [5, 5.41) is -0.0230. The summed E-state index contributed by atoms with van der Waals surface area (Å²) in [5.74, 6) is 0.387. The number of carbonyl (C=O) groups excluding carboxylic acids is 1. The molecule has 0 bridgehead atoms. The molecule has 0 aliphatic carbocycles. The summed E-state index contributed by atoms with van der Waals surface area (Å²) < 4.78 is 38.1. The quantitative estimate of drug-likeness (QED) is 0.861. The van der Waals surface area contributed by atoms with Crippen LogP contribution in [-0.2, 0) is 11.0 Å². The minimum absolute atomic E-state index is 0.0230. The molecule has 2 aliphatic heterocycles. The molecule has 9 heteroatoms. The molecule has 2 fully saturated rings. The molecule has 0 aromatic carbocycles. The van der Waals surface area contributed by atoms with Crippen LogP contribution < -0.4 is 10.6 Å². The molecule has 138 valence electrons. The lowest BCUT2D eigenvalue weighted by molar-refractivity contribution is -0.138. The van der Waals surface area contributed by atoms with Crippen LogP contribution >= 0.6 is 11.6 Å². The summed E-state index contributed by atoms with van der Waals surface area (Å²) in [6.45, 7) is 2.38. The number of likely N-dealkylation sites (tertiary alicyclic amines) is 1. The van der Waals surface area contributed by atoms with Crippen LogP contribution in [0.4, 0.5) is 19.0 Å². The molecule has 5 nitrogen and oxygen atoms in total. The molecular formula is C16H20ClF3N4O. The molecule has 3 rings (SSSR count). The predicted octanol–water partition coefficient (Wildman–Crippen LogP) is 2.53. The number of nitrogens with zero attached hydrogens (tertiary/aromatic N) is 3. The largest absolute Gasteiger partial charge is 0.417 e. The maximum atomic E-state index is 12.7. The van der Waals surface area contributed by atoms with E-state index >= 15 is 0 Å². The topological polar surface area (TPSA) is 62.5 Å². The van der Waals surface area contributed by atoms with Crippen LogP contribution in [0.15, 0.2) is 12.3 Å². The van der Waals surface area contributed by atoms with Gasteiger partial charge in [0.25, 0.3) is 0 Å². The summed E-state index contributed by atoms with van der Waals surface area (Å²) in [5.41, 5.74) is 4.98. The summed E-state index contributed by atoms with van der Waals surface area (Å²) >= 11 is 5.99. The van der Waals surface area contributed by atoms with Gasteiger partial charge in [-0.15, -0.1) is 0 Å². The Balaban J connectivity index is 1.62. The van der Waals surface area contributed by atoms with Crippen LogP contribution in [-0.4, -0.2) is 48.0 Å². The molecule has 0 spiro atoms. The van der Waals surface area contributed by atoms with E-state index in [1.54, 1.807) is 0 Å². The van der Waals surface area contributed by atoms with E-state index in [0.29, 0.717) is 44.8 Å². The van der Waals surface area contributed by atoms with E-state index in [-0.39, 0.29) is 22.9 Å². The van der Waals surface area contributed by atoms with E-state index in [9.17, 15) is 18.0 Å². The third kappa shape index (κ3) is 4.00. The lowest BCUT2D eigenvalue weighted by Crippen LogP contribution is -2.42. The minimum atomic E-state index is -4.47. The molecule has 1 amide bonds. The molecule has 1 atom stereocenters. The predicted molar refractivity (Wildman–Crippen MR) is 88.4 cm³/mol. The van der Waals surface area contributed by atoms with Crippen molar-refractivity contribution in [1.82, 2.24) is 9.88 Å². The maximum absolute atomic E-state index is 12.7. The van der Waals surface area contributed by atoms with E-state index in [4.69, 9.17) is 17.3 Å². The summed E-state index contributed by atoms with van der Waals surface area (Å²) in [6, 6.07) is 0.950. The molecule has 0 radical (unpaired) electrons. The number of anilines is 1. The van der Waals surface area contributed by atoms with E-state index in [1.807, 2.05) is 9.80 Å². The van der Waals surface area contributed by atoms with Crippen molar-refractivity contribution in [3.63, 3.8) is 0 Å². The molecule has 0 unspecified atom stereocenters. The molecule has 2 saturated heterocycles. The maximum Gasteiger partial charge on any atom is 0.417 e. The van der Waals surface area contributed by atoms with Gasteiger partial charge in [-0.1, -0.05) is 11.6 Å². The average Bonchev–Trinajstić information content (AvgIpc) is 3.00. The van der Waals surface area contributed by atoms with E-state index < -0.39 is 11.7 Å². The average molecular weight is 377 g/mol. The van der Waals surface area contributed by atoms with Crippen LogP contribution in [0.2, 0.25) is 5.02 Å². The van der Waals surface area contributed by atoms with Gasteiger partial charge in [0.15, 0.2) is 0 Å². The Morgan fingerprint density at radius 2 is 1.92 bits per heavy atom. The van der Waals surface area contributed by atoms with Gasteiger partial charge in [-0.2, -0.15) is 13.2 Å². The van der Waals surface area contributed by atoms with Gasteiger partial charge in [0.05, 0.1) is 10.6 Å². The zero-order chi connectivity index (χ0) is 18.2. The Labute approximate surface area is 148 Å². The van der Waals surface area contributed by atoms with Gasteiger partial charge in [0, 0.05) is 44.3 Å². The number of hydrogen-bond acceptors (Lipinski definition) is 4. The third-order valence-corrected chi connectivity index (χ3v) is 5.11. The van der Waals surface area contributed by atoms with Gasteiger partial charge in [-0.05, 0) is 25.3 Å². The number of pyridine rings is 1. The highest BCUT2D eigenvalue weighted by Gasteiger charge is 2.34. The molecule has 2 aliphatic rings. The molecule has 2 N–H and O–H groups in total. The Kier molecular flexibility index (Phi) is 5.11. The second kappa shape index (κ2) is 6.99. The fourth-order valence-electron chi connectivity index (χ4n) is 3.40. The number of rotatable bonds is 2.